The van der Waals surface area contributed by atoms with Crippen LogP contribution in [0, 0.1) is 5.92 Å². The molecule has 1 unspecified atom stereocenters. The topological polar surface area (TPSA) is 12.5 Å². The number of rotatable bonds is 5. The Labute approximate surface area is 115 Å². The predicted molar refractivity (Wildman–Crippen MR) is 76.3 cm³/mol. The Hall–Kier alpha value is -0.730. The second-order valence-corrected chi connectivity index (χ2v) is 5.45. The average Bonchev–Trinajstić information content (AvgIpc) is 2.40. The van der Waals surface area contributed by atoms with Crippen LogP contribution < -0.4 is 4.74 Å². The van der Waals surface area contributed by atoms with Gasteiger partial charge in [0.2, 0.25) is 0 Å². The van der Waals surface area contributed by atoms with Crippen molar-refractivity contribution in [1.82, 2.24) is 4.90 Å². The van der Waals surface area contributed by atoms with Crippen molar-refractivity contribution in [3.8, 4) is 5.75 Å². The zero-order valence-electron chi connectivity index (χ0n) is 11.1. The van der Waals surface area contributed by atoms with Gasteiger partial charge in [0.1, 0.15) is 5.75 Å². The summed E-state index contributed by atoms with van der Waals surface area (Å²) in [7, 11) is 1.72. The second-order valence-electron chi connectivity index (χ2n) is 5.07. The van der Waals surface area contributed by atoms with Gasteiger partial charge in [0, 0.05) is 19.0 Å². The molecule has 2 nitrogen and oxygen atoms in total. The Kier molecular flexibility index (Phi) is 5.33. The SMILES string of the molecule is COc1cccc(CN2CCCC(CCCl)C2)c1. The molecule has 3 heteroatoms. The van der Waals surface area contributed by atoms with Gasteiger partial charge in [0.25, 0.3) is 0 Å². The van der Waals surface area contributed by atoms with Crippen LogP contribution in [-0.2, 0) is 6.54 Å². The van der Waals surface area contributed by atoms with E-state index in [1.54, 1.807) is 7.11 Å². The van der Waals surface area contributed by atoms with E-state index in [1.807, 2.05) is 6.07 Å². The van der Waals surface area contributed by atoms with E-state index in [-0.39, 0.29) is 0 Å². The lowest BCUT2D eigenvalue weighted by molar-refractivity contribution is 0.165. The highest BCUT2D eigenvalue weighted by molar-refractivity contribution is 6.17. The van der Waals surface area contributed by atoms with Gasteiger partial charge in [-0.1, -0.05) is 12.1 Å². The van der Waals surface area contributed by atoms with E-state index in [0.717, 1.165) is 30.5 Å². The highest BCUT2D eigenvalue weighted by Crippen LogP contribution is 2.22. The van der Waals surface area contributed by atoms with Crippen LogP contribution >= 0.6 is 11.6 Å². The summed E-state index contributed by atoms with van der Waals surface area (Å²) in [6, 6.07) is 8.36. The van der Waals surface area contributed by atoms with Crippen molar-refractivity contribution in [3.05, 3.63) is 29.8 Å². The van der Waals surface area contributed by atoms with Crippen LogP contribution in [0.25, 0.3) is 0 Å². The van der Waals surface area contributed by atoms with E-state index in [4.69, 9.17) is 16.3 Å². The van der Waals surface area contributed by atoms with Crippen LogP contribution in [0.15, 0.2) is 24.3 Å². The fourth-order valence-electron chi connectivity index (χ4n) is 2.71. The number of ether oxygens (including phenoxy) is 1. The number of nitrogens with zero attached hydrogens (tertiary/aromatic N) is 1. The van der Waals surface area contributed by atoms with Crippen LogP contribution in [0.5, 0.6) is 5.75 Å². The second kappa shape index (κ2) is 7.01. The van der Waals surface area contributed by atoms with Crippen molar-refractivity contribution < 1.29 is 4.74 Å². The van der Waals surface area contributed by atoms with Crippen molar-refractivity contribution >= 4 is 11.6 Å². The molecule has 100 valence electrons. The molecule has 1 fully saturated rings. The molecule has 1 saturated heterocycles. The molecule has 1 aliphatic rings. The molecule has 2 rings (SSSR count). The Bertz CT molecular complexity index is 367. The molecule has 0 bridgehead atoms. The minimum Gasteiger partial charge on any atom is -0.497 e. The number of hydrogen-bond acceptors (Lipinski definition) is 2. The normalized spacial score (nSPS) is 20.9. The van der Waals surface area contributed by atoms with Crippen LogP contribution in [0.1, 0.15) is 24.8 Å². The minimum absolute atomic E-state index is 0.779. The molecule has 1 heterocycles. The molecule has 0 spiro atoms. The largest absolute Gasteiger partial charge is 0.497 e. The van der Waals surface area contributed by atoms with Gasteiger partial charge in [-0.15, -0.1) is 11.6 Å². The van der Waals surface area contributed by atoms with Gasteiger partial charge in [-0.2, -0.15) is 0 Å². The van der Waals surface area contributed by atoms with E-state index in [1.165, 1.54) is 31.5 Å². The lowest BCUT2D eigenvalue weighted by Gasteiger charge is -2.32. The van der Waals surface area contributed by atoms with E-state index in [2.05, 4.69) is 23.1 Å². The molecule has 0 amide bonds. The van der Waals surface area contributed by atoms with Crippen LogP contribution in [0.4, 0.5) is 0 Å². The highest BCUT2D eigenvalue weighted by Gasteiger charge is 2.19. The van der Waals surface area contributed by atoms with Crippen molar-refractivity contribution in [2.45, 2.75) is 25.8 Å². The summed E-state index contributed by atoms with van der Waals surface area (Å²) in [5.41, 5.74) is 1.33. The quantitative estimate of drug-likeness (QED) is 0.757. The van der Waals surface area contributed by atoms with Gasteiger partial charge in [0.05, 0.1) is 7.11 Å². The summed E-state index contributed by atoms with van der Waals surface area (Å²) >= 11 is 5.85. The standard InChI is InChI=1S/C15H22ClNO/c1-18-15-6-2-4-14(10-15)12-17-9-3-5-13(11-17)7-8-16/h2,4,6,10,13H,3,5,7-9,11-12H2,1H3. The molecule has 1 aromatic carbocycles. The molecule has 0 aliphatic carbocycles. The minimum atomic E-state index is 0.779. The maximum absolute atomic E-state index is 5.85. The number of piperidine rings is 1. The van der Waals surface area contributed by atoms with Gasteiger partial charge < -0.3 is 4.74 Å². The van der Waals surface area contributed by atoms with Gasteiger partial charge in [-0.3, -0.25) is 4.90 Å². The number of halogens is 1. The van der Waals surface area contributed by atoms with E-state index in [0.29, 0.717) is 0 Å². The first-order chi connectivity index (χ1) is 8.81. The summed E-state index contributed by atoms with van der Waals surface area (Å²) in [4.78, 5) is 2.54. The first-order valence-corrected chi connectivity index (χ1v) is 7.26. The Morgan fingerprint density at radius 1 is 1.44 bits per heavy atom. The summed E-state index contributed by atoms with van der Waals surface area (Å²) in [5.74, 6) is 2.51. The third-order valence-corrected chi connectivity index (χ3v) is 3.88. The van der Waals surface area contributed by atoms with Crippen LogP contribution in [-0.4, -0.2) is 31.0 Å². The Balaban J connectivity index is 1.91. The fraction of sp³-hybridized carbons (Fsp3) is 0.600. The molecule has 0 radical (unpaired) electrons. The van der Waals surface area contributed by atoms with Gasteiger partial charge >= 0.3 is 0 Å². The number of benzene rings is 1. The average molecular weight is 268 g/mol. The summed E-state index contributed by atoms with van der Waals surface area (Å²) in [5, 5.41) is 0. The maximum atomic E-state index is 5.85. The number of hydrogen-bond donors (Lipinski definition) is 0. The predicted octanol–water partition coefficient (Wildman–Crippen LogP) is 3.54. The van der Waals surface area contributed by atoms with Crippen molar-refractivity contribution in [2.24, 2.45) is 5.92 Å². The number of alkyl halides is 1. The first-order valence-electron chi connectivity index (χ1n) is 6.73. The molecule has 1 aliphatic heterocycles. The lowest BCUT2D eigenvalue weighted by Crippen LogP contribution is -2.35. The zero-order valence-corrected chi connectivity index (χ0v) is 11.8. The Morgan fingerprint density at radius 3 is 3.11 bits per heavy atom. The highest BCUT2D eigenvalue weighted by atomic mass is 35.5. The molecule has 0 aromatic heterocycles. The molecule has 0 N–H and O–H groups in total. The molecular formula is C15H22ClNO. The summed E-state index contributed by atoms with van der Waals surface area (Å²) in [6.07, 6.45) is 3.78. The monoisotopic (exact) mass is 267 g/mol. The van der Waals surface area contributed by atoms with Crippen molar-refractivity contribution in [3.63, 3.8) is 0 Å². The third-order valence-electron chi connectivity index (χ3n) is 3.66. The van der Waals surface area contributed by atoms with Crippen molar-refractivity contribution in [1.29, 1.82) is 0 Å². The lowest BCUT2D eigenvalue weighted by atomic mass is 9.95. The van der Waals surface area contributed by atoms with Crippen LogP contribution in [0.3, 0.4) is 0 Å². The summed E-state index contributed by atoms with van der Waals surface area (Å²) < 4.78 is 5.27. The number of methoxy groups -OCH3 is 1. The van der Waals surface area contributed by atoms with Gasteiger partial charge in [-0.05, 0) is 49.4 Å². The summed E-state index contributed by atoms with van der Waals surface area (Å²) in [6.45, 7) is 3.41. The molecule has 1 atom stereocenters. The zero-order chi connectivity index (χ0) is 12.8. The Morgan fingerprint density at radius 2 is 2.33 bits per heavy atom. The molecule has 0 saturated carbocycles. The fourth-order valence-corrected chi connectivity index (χ4v) is 3.02. The van der Waals surface area contributed by atoms with E-state index >= 15 is 0 Å². The molecule has 18 heavy (non-hydrogen) atoms. The van der Waals surface area contributed by atoms with Crippen molar-refractivity contribution in [2.75, 3.05) is 26.1 Å². The molecular weight excluding hydrogens is 246 g/mol. The molecule has 1 aromatic rings. The smallest absolute Gasteiger partial charge is 0.119 e. The van der Waals surface area contributed by atoms with Crippen LogP contribution in [0.2, 0.25) is 0 Å². The van der Waals surface area contributed by atoms with Gasteiger partial charge in [-0.25, -0.2) is 0 Å². The maximum Gasteiger partial charge on any atom is 0.119 e. The van der Waals surface area contributed by atoms with E-state index < -0.39 is 0 Å². The first kappa shape index (κ1) is 13.7. The number of likely N-dealkylation sites (tertiary alicyclic amines) is 1. The van der Waals surface area contributed by atoms with E-state index in [9.17, 15) is 0 Å². The van der Waals surface area contributed by atoms with Gasteiger partial charge in [0.15, 0.2) is 0 Å². The third kappa shape index (κ3) is 3.89.